The van der Waals surface area contributed by atoms with Crippen molar-refractivity contribution in [2.75, 3.05) is 12.3 Å². The Labute approximate surface area is 79.7 Å². The van der Waals surface area contributed by atoms with Gasteiger partial charge in [-0.15, -0.1) is 0 Å². The van der Waals surface area contributed by atoms with Gasteiger partial charge >= 0.3 is 0 Å². The van der Waals surface area contributed by atoms with E-state index in [1.54, 1.807) is 0 Å². The Morgan fingerprint density at radius 2 is 2.25 bits per heavy atom. The number of hydrogen-bond acceptors (Lipinski definition) is 2. The minimum Gasteiger partial charge on any atom is -0.312 e. The lowest BCUT2D eigenvalue weighted by atomic mass is 9.87. The summed E-state index contributed by atoms with van der Waals surface area (Å²) < 4.78 is 0. The van der Waals surface area contributed by atoms with Gasteiger partial charge < -0.3 is 5.32 Å². The van der Waals surface area contributed by atoms with Crippen molar-refractivity contribution in [3.8, 4) is 0 Å². The van der Waals surface area contributed by atoms with Crippen LogP contribution >= 0.6 is 11.8 Å². The third kappa shape index (κ3) is 1.51. The summed E-state index contributed by atoms with van der Waals surface area (Å²) in [5, 5.41) is 4.62. The van der Waals surface area contributed by atoms with Crippen LogP contribution in [0.25, 0.3) is 0 Å². The average Bonchev–Trinajstić information content (AvgIpc) is 2.27. The van der Waals surface area contributed by atoms with Crippen LogP contribution in [0.4, 0.5) is 0 Å². The predicted molar refractivity (Wildman–Crippen MR) is 55.7 cm³/mol. The fourth-order valence-corrected chi connectivity index (χ4v) is 4.05. The lowest BCUT2D eigenvalue weighted by molar-refractivity contribution is 0.289. The molecule has 2 atom stereocenters. The molecule has 2 fully saturated rings. The highest BCUT2D eigenvalue weighted by Crippen LogP contribution is 2.43. The van der Waals surface area contributed by atoms with E-state index in [-0.39, 0.29) is 0 Å². The molecule has 1 saturated heterocycles. The molecule has 2 aliphatic rings. The molecule has 1 heterocycles. The first-order valence-electron chi connectivity index (χ1n) is 5.05. The van der Waals surface area contributed by atoms with Gasteiger partial charge in [-0.3, -0.25) is 0 Å². The fraction of sp³-hybridized carbons (Fsp3) is 1.00. The number of rotatable bonds is 0. The summed E-state index contributed by atoms with van der Waals surface area (Å²) >= 11 is 2.19. The highest BCUT2D eigenvalue weighted by atomic mass is 32.2. The molecule has 1 aliphatic heterocycles. The molecular formula is C10H19NS. The summed E-state index contributed by atoms with van der Waals surface area (Å²) in [4.78, 5) is 0. The third-order valence-corrected chi connectivity index (χ3v) is 4.76. The maximum absolute atomic E-state index is 3.71. The van der Waals surface area contributed by atoms with Gasteiger partial charge in [-0.25, -0.2) is 0 Å². The zero-order valence-corrected chi connectivity index (χ0v) is 8.91. The van der Waals surface area contributed by atoms with Gasteiger partial charge in [0.15, 0.2) is 0 Å². The predicted octanol–water partition coefficient (Wildman–Crippen LogP) is 2.27. The second kappa shape index (κ2) is 3.22. The van der Waals surface area contributed by atoms with E-state index < -0.39 is 0 Å². The van der Waals surface area contributed by atoms with Crippen LogP contribution in [0.15, 0.2) is 0 Å². The summed E-state index contributed by atoms with van der Waals surface area (Å²) in [6.45, 7) is 6.06. The highest BCUT2D eigenvalue weighted by Gasteiger charge is 2.42. The third-order valence-electron chi connectivity index (χ3n) is 3.30. The molecule has 2 rings (SSSR count). The molecule has 0 spiro atoms. The Morgan fingerprint density at radius 3 is 3.08 bits per heavy atom. The van der Waals surface area contributed by atoms with E-state index in [1.807, 2.05) is 0 Å². The Hall–Kier alpha value is 0.310. The van der Waals surface area contributed by atoms with Gasteiger partial charge in [-0.2, -0.15) is 11.8 Å². The molecule has 1 nitrogen and oxygen atoms in total. The number of hydrogen-bond donors (Lipinski definition) is 1. The van der Waals surface area contributed by atoms with E-state index in [9.17, 15) is 0 Å². The van der Waals surface area contributed by atoms with Crippen LogP contribution in [0.2, 0.25) is 0 Å². The molecule has 0 bridgehead atoms. The van der Waals surface area contributed by atoms with Crippen LogP contribution < -0.4 is 5.32 Å². The topological polar surface area (TPSA) is 12.0 Å². The summed E-state index contributed by atoms with van der Waals surface area (Å²) in [5.74, 6) is 1.37. The van der Waals surface area contributed by atoms with Gasteiger partial charge in [-0.05, 0) is 37.0 Å². The molecule has 12 heavy (non-hydrogen) atoms. The van der Waals surface area contributed by atoms with Gasteiger partial charge in [0.25, 0.3) is 0 Å². The smallest absolute Gasteiger partial charge is 0.0237 e. The zero-order valence-electron chi connectivity index (χ0n) is 8.10. The van der Waals surface area contributed by atoms with Crippen molar-refractivity contribution in [2.45, 2.75) is 44.4 Å². The normalized spacial score (nSPS) is 40.5. The fourth-order valence-electron chi connectivity index (χ4n) is 2.49. The zero-order chi connectivity index (χ0) is 8.60. The van der Waals surface area contributed by atoms with E-state index >= 15 is 0 Å². The van der Waals surface area contributed by atoms with Gasteiger partial charge in [0.1, 0.15) is 0 Å². The number of nitrogens with one attached hydrogen (secondary N) is 1. The first kappa shape index (κ1) is 8.89. The Balaban J connectivity index is 2.09. The second-order valence-corrected chi connectivity index (χ2v) is 6.07. The van der Waals surface area contributed by atoms with Crippen molar-refractivity contribution in [3.63, 3.8) is 0 Å². The van der Waals surface area contributed by atoms with E-state index in [4.69, 9.17) is 0 Å². The van der Waals surface area contributed by atoms with Gasteiger partial charge in [-0.1, -0.05) is 13.8 Å². The van der Waals surface area contributed by atoms with Gasteiger partial charge in [0, 0.05) is 11.3 Å². The minimum absolute atomic E-state index is 0.544. The van der Waals surface area contributed by atoms with E-state index in [1.165, 1.54) is 31.6 Å². The van der Waals surface area contributed by atoms with Gasteiger partial charge in [0.05, 0.1) is 0 Å². The molecular weight excluding hydrogens is 166 g/mol. The molecule has 1 aliphatic carbocycles. The molecule has 0 amide bonds. The maximum atomic E-state index is 3.71. The van der Waals surface area contributed by atoms with Crippen LogP contribution in [0.5, 0.6) is 0 Å². The lowest BCUT2D eigenvalue weighted by Crippen LogP contribution is -2.42. The Bertz CT molecular complexity index is 165. The first-order chi connectivity index (χ1) is 5.70. The molecule has 2 unspecified atom stereocenters. The molecule has 0 aromatic carbocycles. The molecule has 0 aromatic rings. The number of fused-ring (bicyclic) bond motifs is 1. The molecule has 2 heteroatoms. The van der Waals surface area contributed by atoms with Crippen LogP contribution in [0.1, 0.15) is 33.1 Å². The monoisotopic (exact) mass is 185 g/mol. The first-order valence-corrected chi connectivity index (χ1v) is 6.10. The average molecular weight is 185 g/mol. The standard InChI is InChI=1S/C10H19NS/c1-10(2)5-4-8-9(10)11-6-3-7-12-8/h8-9,11H,3-7H2,1-2H3. The SMILES string of the molecule is CC1(C)CCC2SCCCNC21. The Morgan fingerprint density at radius 1 is 1.42 bits per heavy atom. The van der Waals surface area contributed by atoms with Crippen LogP contribution in [-0.4, -0.2) is 23.6 Å². The maximum Gasteiger partial charge on any atom is 0.0237 e. The second-order valence-electron chi connectivity index (χ2n) is 4.72. The van der Waals surface area contributed by atoms with Crippen molar-refractivity contribution < 1.29 is 0 Å². The summed E-state index contributed by atoms with van der Waals surface area (Å²) in [5.41, 5.74) is 0.544. The van der Waals surface area contributed by atoms with Crippen LogP contribution in [0.3, 0.4) is 0 Å². The van der Waals surface area contributed by atoms with Crippen molar-refractivity contribution in [2.24, 2.45) is 5.41 Å². The van der Waals surface area contributed by atoms with Crippen molar-refractivity contribution >= 4 is 11.8 Å². The molecule has 0 aromatic heterocycles. The van der Waals surface area contributed by atoms with Crippen molar-refractivity contribution in [1.29, 1.82) is 0 Å². The van der Waals surface area contributed by atoms with Crippen molar-refractivity contribution in [1.82, 2.24) is 5.32 Å². The van der Waals surface area contributed by atoms with E-state index in [0.29, 0.717) is 5.41 Å². The van der Waals surface area contributed by atoms with Crippen LogP contribution in [-0.2, 0) is 0 Å². The lowest BCUT2D eigenvalue weighted by Gasteiger charge is -2.29. The largest absolute Gasteiger partial charge is 0.312 e. The van der Waals surface area contributed by atoms with Gasteiger partial charge in [0.2, 0.25) is 0 Å². The number of thioether (sulfide) groups is 1. The summed E-state index contributed by atoms with van der Waals surface area (Å²) in [6, 6.07) is 0.782. The van der Waals surface area contributed by atoms with Crippen LogP contribution in [0, 0.1) is 5.41 Å². The summed E-state index contributed by atoms with van der Waals surface area (Å²) in [6.07, 6.45) is 4.19. The molecule has 1 saturated carbocycles. The molecule has 70 valence electrons. The van der Waals surface area contributed by atoms with Crippen molar-refractivity contribution in [3.05, 3.63) is 0 Å². The van der Waals surface area contributed by atoms with E-state index in [2.05, 4.69) is 30.9 Å². The molecule has 0 radical (unpaired) electrons. The summed E-state index contributed by atoms with van der Waals surface area (Å²) in [7, 11) is 0. The van der Waals surface area contributed by atoms with E-state index in [0.717, 1.165) is 11.3 Å². The molecule has 1 N–H and O–H groups in total. The minimum atomic E-state index is 0.544. The Kier molecular flexibility index (Phi) is 2.39. The highest BCUT2D eigenvalue weighted by molar-refractivity contribution is 7.99. The quantitative estimate of drug-likeness (QED) is 0.621.